The van der Waals surface area contributed by atoms with Crippen molar-refractivity contribution in [1.29, 1.82) is 0 Å². The second kappa shape index (κ2) is 4.44. The smallest absolute Gasteiger partial charge is 0.256 e. The number of benzene rings is 1. The summed E-state index contributed by atoms with van der Waals surface area (Å²) < 4.78 is 12.6. The Hall–Kier alpha value is -1.84. The van der Waals surface area contributed by atoms with E-state index in [9.17, 15) is 9.18 Å². The van der Waals surface area contributed by atoms with Crippen LogP contribution in [-0.2, 0) is 0 Å². The molecule has 2 aromatic rings. The number of rotatable bonds is 2. The first-order chi connectivity index (χ1) is 8.79. The van der Waals surface area contributed by atoms with Gasteiger partial charge in [0.25, 0.3) is 5.91 Å². The number of fused-ring (bicyclic) bond motifs is 1. The number of aromatic nitrogens is 1. The van der Waals surface area contributed by atoms with E-state index in [1.807, 2.05) is 24.3 Å². The van der Waals surface area contributed by atoms with Gasteiger partial charge in [-0.1, -0.05) is 18.2 Å². The molecule has 1 amide bonds. The molecule has 0 aliphatic carbocycles. The Morgan fingerprint density at radius 1 is 1.44 bits per heavy atom. The molecular weight excluding hydrogens is 231 g/mol. The first-order valence-corrected chi connectivity index (χ1v) is 6.21. The Balaban J connectivity index is 1.89. The van der Waals surface area contributed by atoms with E-state index in [-0.39, 0.29) is 18.5 Å². The van der Waals surface area contributed by atoms with Crippen molar-refractivity contribution in [1.82, 2.24) is 9.88 Å². The van der Waals surface area contributed by atoms with Gasteiger partial charge in [-0.15, -0.1) is 0 Å². The minimum Gasteiger partial charge on any atom is -0.360 e. The van der Waals surface area contributed by atoms with E-state index >= 15 is 0 Å². The summed E-state index contributed by atoms with van der Waals surface area (Å²) in [6.45, 7) is 0.861. The SMILES string of the molecule is O=C(c1c[nH]c2ccccc12)N1CCC(CF)C1. The number of hydrogen-bond acceptors (Lipinski definition) is 1. The molecule has 0 spiro atoms. The number of nitrogens with one attached hydrogen (secondary N) is 1. The Morgan fingerprint density at radius 3 is 3.06 bits per heavy atom. The summed E-state index contributed by atoms with van der Waals surface area (Å²) >= 11 is 0. The van der Waals surface area contributed by atoms with Gasteiger partial charge < -0.3 is 9.88 Å². The molecule has 4 heteroatoms. The summed E-state index contributed by atoms with van der Waals surface area (Å²) in [5.74, 6) is 0.0163. The van der Waals surface area contributed by atoms with Gasteiger partial charge >= 0.3 is 0 Å². The first kappa shape index (κ1) is 11.3. The van der Waals surface area contributed by atoms with Gasteiger partial charge in [0.1, 0.15) is 0 Å². The summed E-state index contributed by atoms with van der Waals surface area (Å²) in [6.07, 6.45) is 2.51. The first-order valence-electron chi connectivity index (χ1n) is 6.21. The van der Waals surface area contributed by atoms with E-state index in [2.05, 4.69) is 4.98 Å². The summed E-state index contributed by atoms with van der Waals surface area (Å²) in [7, 11) is 0. The third-order valence-corrected chi connectivity index (χ3v) is 3.61. The van der Waals surface area contributed by atoms with Crippen molar-refractivity contribution in [2.75, 3.05) is 19.8 Å². The highest BCUT2D eigenvalue weighted by Gasteiger charge is 2.27. The molecule has 1 unspecified atom stereocenters. The third-order valence-electron chi connectivity index (χ3n) is 3.61. The average molecular weight is 246 g/mol. The Morgan fingerprint density at radius 2 is 2.28 bits per heavy atom. The molecule has 1 saturated heterocycles. The van der Waals surface area contributed by atoms with Gasteiger partial charge in [-0.3, -0.25) is 9.18 Å². The van der Waals surface area contributed by atoms with E-state index in [0.29, 0.717) is 18.7 Å². The van der Waals surface area contributed by atoms with Crippen molar-refractivity contribution in [3.8, 4) is 0 Å². The predicted molar refractivity (Wildman–Crippen MR) is 68.3 cm³/mol. The average Bonchev–Trinajstić information content (AvgIpc) is 3.04. The molecule has 2 heterocycles. The van der Waals surface area contributed by atoms with E-state index in [1.54, 1.807) is 11.1 Å². The van der Waals surface area contributed by atoms with Crippen molar-refractivity contribution >= 4 is 16.8 Å². The van der Waals surface area contributed by atoms with Crippen LogP contribution >= 0.6 is 0 Å². The molecule has 1 fully saturated rings. The van der Waals surface area contributed by atoms with Crippen molar-refractivity contribution < 1.29 is 9.18 Å². The van der Waals surface area contributed by atoms with Gasteiger partial charge in [0.15, 0.2) is 0 Å². The Kier molecular flexibility index (Phi) is 2.78. The molecule has 0 saturated carbocycles. The van der Waals surface area contributed by atoms with Crippen LogP contribution in [0.3, 0.4) is 0 Å². The molecular formula is C14H15FN2O. The molecule has 0 radical (unpaired) electrons. The number of carbonyl (C=O) groups excluding carboxylic acids is 1. The van der Waals surface area contributed by atoms with E-state index in [4.69, 9.17) is 0 Å². The summed E-state index contributed by atoms with van der Waals surface area (Å²) in [5.41, 5.74) is 1.65. The number of nitrogens with zero attached hydrogens (tertiary/aromatic N) is 1. The number of H-pyrrole nitrogens is 1. The molecule has 94 valence electrons. The van der Waals surface area contributed by atoms with Crippen molar-refractivity contribution in [3.05, 3.63) is 36.0 Å². The second-order valence-electron chi connectivity index (χ2n) is 4.81. The topological polar surface area (TPSA) is 36.1 Å². The van der Waals surface area contributed by atoms with Crippen molar-refractivity contribution in [3.63, 3.8) is 0 Å². The molecule has 1 aliphatic heterocycles. The number of alkyl halides is 1. The number of para-hydroxylation sites is 1. The predicted octanol–water partition coefficient (Wildman–Crippen LogP) is 2.60. The summed E-state index contributed by atoms with van der Waals surface area (Å²) in [5, 5.41) is 0.936. The fraction of sp³-hybridized carbons (Fsp3) is 0.357. The number of hydrogen-bond donors (Lipinski definition) is 1. The van der Waals surface area contributed by atoms with Gasteiger partial charge in [0.2, 0.25) is 0 Å². The molecule has 0 bridgehead atoms. The highest BCUT2D eigenvalue weighted by molar-refractivity contribution is 6.06. The molecule has 1 atom stereocenters. The van der Waals surface area contributed by atoms with Gasteiger partial charge in [-0.2, -0.15) is 0 Å². The van der Waals surface area contributed by atoms with Crippen LogP contribution in [-0.4, -0.2) is 35.6 Å². The molecule has 1 aromatic carbocycles. The van der Waals surface area contributed by atoms with E-state index in [1.165, 1.54) is 0 Å². The standard InChI is InChI=1S/C14H15FN2O/c15-7-10-5-6-17(9-10)14(18)12-8-16-13-4-2-1-3-11(12)13/h1-4,8,10,16H,5-7,9H2. The highest BCUT2D eigenvalue weighted by atomic mass is 19.1. The lowest BCUT2D eigenvalue weighted by atomic mass is 10.1. The molecule has 3 nitrogen and oxygen atoms in total. The largest absolute Gasteiger partial charge is 0.360 e. The zero-order valence-electron chi connectivity index (χ0n) is 10.0. The highest BCUT2D eigenvalue weighted by Crippen LogP contribution is 2.23. The van der Waals surface area contributed by atoms with Crippen molar-refractivity contribution in [2.24, 2.45) is 5.92 Å². The normalized spacial score (nSPS) is 19.6. The van der Waals surface area contributed by atoms with Crippen LogP contribution < -0.4 is 0 Å². The van der Waals surface area contributed by atoms with Crippen LogP contribution in [0.15, 0.2) is 30.5 Å². The number of halogens is 1. The number of carbonyl (C=O) groups is 1. The van der Waals surface area contributed by atoms with Gasteiger partial charge in [0.05, 0.1) is 12.2 Å². The summed E-state index contributed by atoms with van der Waals surface area (Å²) in [6, 6.07) is 7.73. The Labute approximate surface area is 105 Å². The molecule has 1 N–H and O–H groups in total. The molecule has 18 heavy (non-hydrogen) atoms. The zero-order valence-corrected chi connectivity index (χ0v) is 10.0. The van der Waals surface area contributed by atoms with Crippen molar-refractivity contribution in [2.45, 2.75) is 6.42 Å². The fourth-order valence-electron chi connectivity index (χ4n) is 2.56. The fourth-order valence-corrected chi connectivity index (χ4v) is 2.56. The molecule has 1 aromatic heterocycles. The minimum atomic E-state index is -0.336. The van der Waals surface area contributed by atoms with E-state index in [0.717, 1.165) is 17.3 Å². The monoisotopic (exact) mass is 246 g/mol. The lowest BCUT2D eigenvalue weighted by molar-refractivity contribution is 0.0787. The van der Waals surface area contributed by atoms with Gasteiger partial charge in [0, 0.05) is 36.1 Å². The van der Waals surface area contributed by atoms with Crippen LogP contribution in [0.4, 0.5) is 4.39 Å². The summed E-state index contributed by atoms with van der Waals surface area (Å²) in [4.78, 5) is 17.2. The maximum Gasteiger partial charge on any atom is 0.256 e. The van der Waals surface area contributed by atoms with Gasteiger partial charge in [-0.05, 0) is 12.5 Å². The van der Waals surface area contributed by atoms with Crippen LogP contribution in [0.2, 0.25) is 0 Å². The van der Waals surface area contributed by atoms with Crippen LogP contribution in [0.5, 0.6) is 0 Å². The van der Waals surface area contributed by atoms with E-state index < -0.39 is 0 Å². The Bertz CT molecular complexity index is 578. The zero-order chi connectivity index (χ0) is 12.5. The lowest BCUT2D eigenvalue weighted by Crippen LogP contribution is -2.28. The maximum atomic E-state index is 12.6. The number of amides is 1. The molecule has 3 rings (SSSR count). The third kappa shape index (κ3) is 1.78. The van der Waals surface area contributed by atoms with Gasteiger partial charge in [-0.25, -0.2) is 0 Å². The molecule has 1 aliphatic rings. The minimum absolute atomic E-state index is 0.00315. The number of aromatic amines is 1. The second-order valence-corrected chi connectivity index (χ2v) is 4.81. The quantitative estimate of drug-likeness (QED) is 0.868. The van der Waals surface area contributed by atoms with Crippen LogP contribution in [0.25, 0.3) is 10.9 Å². The number of likely N-dealkylation sites (tertiary alicyclic amines) is 1. The maximum absolute atomic E-state index is 12.6. The van der Waals surface area contributed by atoms with Crippen LogP contribution in [0.1, 0.15) is 16.8 Å². The lowest BCUT2D eigenvalue weighted by Gasteiger charge is -2.15. The van der Waals surface area contributed by atoms with Crippen LogP contribution in [0, 0.1) is 5.92 Å².